The van der Waals surface area contributed by atoms with Crippen molar-refractivity contribution in [2.75, 3.05) is 37.6 Å². The number of carbonyl (C=O) groups is 1. The SMILES string of the molecule is O=C(CN1CCNCC12CCCCC2)N1CCc2ccccc21. The van der Waals surface area contributed by atoms with Crippen LogP contribution >= 0.6 is 0 Å². The molecule has 0 radical (unpaired) electrons. The van der Waals surface area contributed by atoms with E-state index >= 15 is 0 Å². The Morgan fingerprint density at radius 3 is 2.83 bits per heavy atom. The topological polar surface area (TPSA) is 35.6 Å². The highest BCUT2D eigenvalue weighted by Gasteiger charge is 2.41. The zero-order chi connectivity index (χ0) is 15.7. The van der Waals surface area contributed by atoms with Crippen molar-refractivity contribution in [1.82, 2.24) is 10.2 Å². The summed E-state index contributed by atoms with van der Waals surface area (Å²) in [7, 11) is 0. The Bertz CT molecular complexity index is 571. The smallest absolute Gasteiger partial charge is 0.241 e. The third-order valence-electron chi connectivity index (χ3n) is 5.98. The zero-order valence-corrected chi connectivity index (χ0v) is 13.9. The number of hydrogen-bond donors (Lipinski definition) is 1. The van der Waals surface area contributed by atoms with Crippen molar-refractivity contribution in [3.63, 3.8) is 0 Å². The van der Waals surface area contributed by atoms with E-state index in [4.69, 9.17) is 0 Å². The van der Waals surface area contributed by atoms with E-state index in [1.54, 1.807) is 0 Å². The first-order valence-electron chi connectivity index (χ1n) is 9.13. The van der Waals surface area contributed by atoms with Gasteiger partial charge in [0.15, 0.2) is 0 Å². The van der Waals surface area contributed by atoms with E-state index in [0.29, 0.717) is 6.54 Å². The first-order valence-corrected chi connectivity index (χ1v) is 9.13. The molecule has 2 aliphatic heterocycles. The van der Waals surface area contributed by atoms with Gasteiger partial charge in [-0.1, -0.05) is 37.5 Å². The number of para-hydroxylation sites is 1. The average Bonchev–Trinajstić information content (AvgIpc) is 3.02. The lowest BCUT2D eigenvalue weighted by molar-refractivity contribution is -0.122. The quantitative estimate of drug-likeness (QED) is 0.909. The number of fused-ring (bicyclic) bond motifs is 1. The summed E-state index contributed by atoms with van der Waals surface area (Å²) in [6, 6.07) is 8.35. The summed E-state index contributed by atoms with van der Waals surface area (Å²) < 4.78 is 0. The Balaban J connectivity index is 1.49. The molecule has 4 nitrogen and oxygen atoms in total. The third-order valence-corrected chi connectivity index (χ3v) is 5.98. The van der Waals surface area contributed by atoms with E-state index < -0.39 is 0 Å². The fourth-order valence-corrected chi connectivity index (χ4v) is 4.68. The predicted octanol–water partition coefficient (Wildman–Crippen LogP) is 2.18. The molecule has 23 heavy (non-hydrogen) atoms. The summed E-state index contributed by atoms with van der Waals surface area (Å²) in [6.45, 7) is 4.48. The lowest BCUT2D eigenvalue weighted by Crippen LogP contribution is -2.63. The van der Waals surface area contributed by atoms with Gasteiger partial charge in [0.25, 0.3) is 0 Å². The van der Waals surface area contributed by atoms with Gasteiger partial charge in [-0.25, -0.2) is 0 Å². The summed E-state index contributed by atoms with van der Waals surface area (Å²) in [5.41, 5.74) is 2.67. The second kappa shape index (κ2) is 6.25. The monoisotopic (exact) mass is 313 g/mol. The minimum absolute atomic E-state index is 0.228. The Morgan fingerprint density at radius 1 is 1.13 bits per heavy atom. The van der Waals surface area contributed by atoms with Crippen LogP contribution in [0.3, 0.4) is 0 Å². The molecule has 1 aliphatic carbocycles. The van der Waals surface area contributed by atoms with E-state index in [-0.39, 0.29) is 11.4 Å². The molecule has 0 atom stereocenters. The molecular weight excluding hydrogens is 286 g/mol. The standard InChI is InChI=1S/C19H27N3O/c23-18(22-12-8-16-6-2-3-7-17(16)22)14-21-13-11-20-15-19(21)9-4-1-5-10-19/h2-3,6-7,20H,1,4-5,8-15H2. The summed E-state index contributed by atoms with van der Waals surface area (Å²) in [4.78, 5) is 17.5. The molecule has 4 heteroatoms. The number of nitrogens with one attached hydrogen (secondary N) is 1. The van der Waals surface area contributed by atoms with Crippen LogP contribution in [-0.2, 0) is 11.2 Å². The highest BCUT2D eigenvalue weighted by molar-refractivity contribution is 5.96. The second-order valence-corrected chi connectivity index (χ2v) is 7.31. The van der Waals surface area contributed by atoms with Crippen molar-refractivity contribution in [3.05, 3.63) is 29.8 Å². The highest BCUT2D eigenvalue weighted by Crippen LogP contribution is 2.35. The van der Waals surface area contributed by atoms with Crippen LogP contribution in [0.4, 0.5) is 5.69 Å². The molecule has 1 amide bonds. The van der Waals surface area contributed by atoms with Gasteiger partial charge in [-0.05, 0) is 30.9 Å². The molecule has 1 saturated heterocycles. The summed E-state index contributed by atoms with van der Waals surface area (Å²) in [5, 5.41) is 3.57. The van der Waals surface area contributed by atoms with Gasteiger partial charge in [0.1, 0.15) is 0 Å². The summed E-state index contributed by atoms with van der Waals surface area (Å²) >= 11 is 0. The number of piperazine rings is 1. The molecule has 1 saturated carbocycles. The van der Waals surface area contributed by atoms with E-state index in [1.807, 2.05) is 11.0 Å². The molecule has 1 aromatic carbocycles. The van der Waals surface area contributed by atoms with Crippen LogP contribution in [0, 0.1) is 0 Å². The number of carbonyl (C=O) groups excluding carboxylic acids is 1. The fourth-order valence-electron chi connectivity index (χ4n) is 4.68. The van der Waals surface area contributed by atoms with Crippen molar-refractivity contribution in [1.29, 1.82) is 0 Å². The van der Waals surface area contributed by atoms with Crippen LogP contribution in [0.25, 0.3) is 0 Å². The number of hydrogen-bond acceptors (Lipinski definition) is 3. The fraction of sp³-hybridized carbons (Fsp3) is 0.632. The second-order valence-electron chi connectivity index (χ2n) is 7.31. The van der Waals surface area contributed by atoms with Crippen molar-refractivity contribution in [2.24, 2.45) is 0 Å². The molecule has 0 aromatic heterocycles. The highest BCUT2D eigenvalue weighted by atomic mass is 16.2. The van der Waals surface area contributed by atoms with E-state index in [1.165, 1.54) is 37.7 Å². The number of rotatable bonds is 2. The van der Waals surface area contributed by atoms with E-state index in [0.717, 1.165) is 38.3 Å². The Morgan fingerprint density at radius 2 is 1.96 bits per heavy atom. The molecule has 2 heterocycles. The Hall–Kier alpha value is -1.39. The average molecular weight is 313 g/mol. The van der Waals surface area contributed by atoms with Crippen molar-refractivity contribution >= 4 is 11.6 Å². The normalized spacial score (nSPS) is 23.9. The molecule has 0 unspecified atom stereocenters. The first-order chi connectivity index (χ1) is 11.3. The van der Waals surface area contributed by atoms with Gasteiger partial charge in [-0.15, -0.1) is 0 Å². The van der Waals surface area contributed by atoms with Crippen LogP contribution in [0.2, 0.25) is 0 Å². The third kappa shape index (κ3) is 2.79. The van der Waals surface area contributed by atoms with Gasteiger partial charge in [0.05, 0.1) is 6.54 Å². The van der Waals surface area contributed by atoms with Gasteiger partial charge >= 0.3 is 0 Å². The van der Waals surface area contributed by atoms with Crippen LogP contribution in [0.5, 0.6) is 0 Å². The van der Waals surface area contributed by atoms with Gasteiger partial charge in [-0.3, -0.25) is 9.69 Å². The van der Waals surface area contributed by atoms with E-state index in [9.17, 15) is 4.79 Å². The van der Waals surface area contributed by atoms with Crippen LogP contribution in [0.1, 0.15) is 37.7 Å². The minimum Gasteiger partial charge on any atom is -0.314 e. The van der Waals surface area contributed by atoms with E-state index in [2.05, 4.69) is 28.4 Å². The van der Waals surface area contributed by atoms with Gasteiger partial charge in [0, 0.05) is 37.4 Å². The number of nitrogens with zero attached hydrogens (tertiary/aromatic N) is 2. The Kier molecular flexibility index (Phi) is 4.12. The predicted molar refractivity (Wildman–Crippen MR) is 92.8 cm³/mol. The van der Waals surface area contributed by atoms with Crippen LogP contribution < -0.4 is 10.2 Å². The maximum absolute atomic E-state index is 13.0. The lowest BCUT2D eigenvalue weighted by atomic mass is 9.79. The first kappa shape index (κ1) is 15.2. The number of benzene rings is 1. The lowest BCUT2D eigenvalue weighted by Gasteiger charge is -2.49. The molecule has 1 aromatic rings. The molecule has 1 N–H and O–H groups in total. The molecular formula is C19H27N3O. The number of anilines is 1. The molecule has 2 fully saturated rings. The van der Waals surface area contributed by atoms with Gasteiger partial charge in [-0.2, -0.15) is 0 Å². The van der Waals surface area contributed by atoms with Crippen LogP contribution in [-0.4, -0.2) is 49.1 Å². The Labute approximate surface area is 138 Å². The van der Waals surface area contributed by atoms with Crippen molar-refractivity contribution in [3.8, 4) is 0 Å². The molecule has 0 bridgehead atoms. The molecule has 3 aliphatic rings. The number of amides is 1. The molecule has 1 spiro atoms. The molecule has 4 rings (SSSR count). The maximum Gasteiger partial charge on any atom is 0.241 e. The molecule has 124 valence electrons. The summed E-state index contributed by atoms with van der Waals surface area (Å²) in [6.07, 6.45) is 7.43. The van der Waals surface area contributed by atoms with Gasteiger partial charge in [0.2, 0.25) is 5.91 Å². The van der Waals surface area contributed by atoms with Crippen molar-refractivity contribution in [2.45, 2.75) is 44.1 Å². The summed E-state index contributed by atoms with van der Waals surface area (Å²) in [5.74, 6) is 0.279. The maximum atomic E-state index is 13.0. The minimum atomic E-state index is 0.228. The van der Waals surface area contributed by atoms with Crippen LogP contribution in [0.15, 0.2) is 24.3 Å². The zero-order valence-electron chi connectivity index (χ0n) is 13.9. The van der Waals surface area contributed by atoms with Gasteiger partial charge < -0.3 is 10.2 Å². The largest absolute Gasteiger partial charge is 0.314 e. The van der Waals surface area contributed by atoms with Crippen molar-refractivity contribution < 1.29 is 4.79 Å².